The van der Waals surface area contributed by atoms with E-state index in [1.165, 1.54) is 5.56 Å². The number of rotatable bonds is 6. The molecule has 2 fully saturated rings. The lowest BCUT2D eigenvalue weighted by molar-refractivity contribution is 0.133. The number of methoxy groups -OCH3 is 1. The van der Waals surface area contributed by atoms with E-state index in [0.717, 1.165) is 51.4 Å². The van der Waals surface area contributed by atoms with Gasteiger partial charge in [-0.1, -0.05) is 6.07 Å². The van der Waals surface area contributed by atoms with Gasteiger partial charge in [-0.15, -0.1) is 0 Å². The first kappa shape index (κ1) is 14.8. The van der Waals surface area contributed by atoms with Crippen molar-refractivity contribution in [2.45, 2.75) is 25.5 Å². The minimum Gasteiger partial charge on any atom is -0.393 e. The van der Waals surface area contributed by atoms with E-state index in [4.69, 9.17) is 4.74 Å². The Morgan fingerprint density at radius 3 is 3.00 bits per heavy atom. The Kier molecular flexibility index (Phi) is 4.73. The molecule has 0 bridgehead atoms. The van der Waals surface area contributed by atoms with Crippen LogP contribution in [0.3, 0.4) is 0 Å². The van der Waals surface area contributed by atoms with Crippen molar-refractivity contribution in [1.82, 2.24) is 10.3 Å². The zero-order valence-corrected chi connectivity index (χ0v) is 12.7. The van der Waals surface area contributed by atoms with Crippen molar-refractivity contribution in [1.29, 1.82) is 0 Å². The van der Waals surface area contributed by atoms with E-state index >= 15 is 0 Å². The Bertz CT molecular complexity index is 451. The maximum Gasteiger partial charge on any atom is 0.128 e. The normalized spacial score (nSPS) is 28.1. The third kappa shape index (κ3) is 3.36. The summed E-state index contributed by atoms with van der Waals surface area (Å²) < 4.78 is 5.01. The zero-order chi connectivity index (χ0) is 14.7. The van der Waals surface area contributed by atoms with Crippen LogP contribution in [0.15, 0.2) is 18.3 Å². The van der Waals surface area contributed by atoms with Gasteiger partial charge in [0.1, 0.15) is 5.82 Å². The van der Waals surface area contributed by atoms with Crippen molar-refractivity contribution in [2.75, 3.05) is 38.3 Å². The number of aliphatic hydroxyl groups excluding tert-OH is 1. The number of anilines is 1. The SMILES string of the molecule is COCCNCc1ccc(N2CC3CCC(O)C3C2)nc1. The molecule has 0 radical (unpaired) electrons. The number of ether oxygens (including phenoxy) is 1. The number of nitrogens with zero attached hydrogens (tertiary/aromatic N) is 2. The number of hydrogen-bond donors (Lipinski definition) is 2. The van der Waals surface area contributed by atoms with E-state index < -0.39 is 0 Å². The molecule has 1 aliphatic carbocycles. The molecule has 2 aliphatic rings. The van der Waals surface area contributed by atoms with Crippen LogP contribution in [0.5, 0.6) is 0 Å². The van der Waals surface area contributed by atoms with E-state index in [2.05, 4.69) is 27.3 Å². The van der Waals surface area contributed by atoms with Gasteiger partial charge >= 0.3 is 0 Å². The minimum atomic E-state index is -0.107. The highest BCUT2D eigenvalue weighted by atomic mass is 16.5. The van der Waals surface area contributed by atoms with Crippen LogP contribution in [0, 0.1) is 11.8 Å². The summed E-state index contributed by atoms with van der Waals surface area (Å²) in [4.78, 5) is 6.90. The third-order valence-corrected chi connectivity index (χ3v) is 4.76. The molecule has 0 amide bonds. The van der Waals surface area contributed by atoms with Gasteiger partial charge in [0, 0.05) is 45.4 Å². The van der Waals surface area contributed by atoms with Gasteiger partial charge in [0.25, 0.3) is 0 Å². The first-order chi connectivity index (χ1) is 10.3. The van der Waals surface area contributed by atoms with Gasteiger partial charge in [0.2, 0.25) is 0 Å². The van der Waals surface area contributed by atoms with Gasteiger partial charge < -0.3 is 20.1 Å². The molecule has 1 saturated carbocycles. The van der Waals surface area contributed by atoms with Crippen LogP contribution in [0.4, 0.5) is 5.82 Å². The Labute approximate surface area is 126 Å². The average Bonchev–Trinajstić information content (AvgIpc) is 3.07. The molecule has 0 aromatic carbocycles. The van der Waals surface area contributed by atoms with Crippen molar-refractivity contribution in [3.63, 3.8) is 0 Å². The van der Waals surface area contributed by atoms with E-state index in [-0.39, 0.29) is 6.10 Å². The molecule has 5 nitrogen and oxygen atoms in total. The summed E-state index contributed by atoms with van der Waals surface area (Å²) in [6, 6.07) is 4.23. The molecule has 1 aromatic rings. The molecule has 5 heteroatoms. The summed E-state index contributed by atoms with van der Waals surface area (Å²) in [5.74, 6) is 2.14. The van der Waals surface area contributed by atoms with Crippen LogP contribution in [0.1, 0.15) is 18.4 Å². The second-order valence-electron chi connectivity index (χ2n) is 6.17. The number of aromatic nitrogens is 1. The van der Waals surface area contributed by atoms with E-state index in [0.29, 0.717) is 11.8 Å². The smallest absolute Gasteiger partial charge is 0.128 e. The Morgan fingerprint density at radius 2 is 2.29 bits per heavy atom. The molecule has 2 N–H and O–H groups in total. The van der Waals surface area contributed by atoms with Crippen molar-refractivity contribution in [3.05, 3.63) is 23.9 Å². The van der Waals surface area contributed by atoms with Gasteiger partial charge in [-0.05, 0) is 30.4 Å². The summed E-state index contributed by atoms with van der Waals surface area (Å²) in [6.45, 7) is 4.39. The third-order valence-electron chi connectivity index (χ3n) is 4.76. The Morgan fingerprint density at radius 1 is 1.38 bits per heavy atom. The molecule has 116 valence electrons. The zero-order valence-electron chi connectivity index (χ0n) is 12.7. The van der Waals surface area contributed by atoms with Crippen molar-refractivity contribution in [3.8, 4) is 0 Å². The molecule has 3 atom stereocenters. The average molecular weight is 291 g/mol. The van der Waals surface area contributed by atoms with Gasteiger partial charge in [0.15, 0.2) is 0 Å². The van der Waals surface area contributed by atoms with E-state index in [1.54, 1.807) is 7.11 Å². The summed E-state index contributed by atoms with van der Waals surface area (Å²) in [6.07, 6.45) is 3.97. The first-order valence-corrected chi connectivity index (χ1v) is 7.85. The topological polar surface area (TPSA) is 57.6 Å². The quantitative estimate of drug-likeness (QED) is 0.767. The monoisotopic (exact) mass is 291 g/mol. The van der Waals surface area contributed by atoms with Crippen LogP contribution in [-0.4, -0.2) is 49.5 Å². The molecule has 3 rings (SSSR count). The van der Waals surface area contributed by atoms with Crippen molar-refractivity contribution >= 4 is 5.82 Å². The molecule has 1 aliphatic heterocycles. The van der Waals surface area contributed by atoms with E-state index in [1.807, 2.05) is 6.20 Å². The van der Waals surface area contributed by atoms with Crippen molar-refractivity contribution in [2.24, 2.45) is 11.8 Å². The highest BCUT2D eigenvalue weighted by molar-refractivity contribution is 5.41. The molecule has 1 aromatic heterocycles. The predicted octanol–water partition coefficient (Wildman–Crippen LogP) is 1.02. The van der Waals surface area contributed by atoms with E-state index in [9.17, 15) is 5.11 Å². The van der Waals surface area contributed by atoms with Crippen LogP contribution in [-0.2, 0) is 11.3 Å². The molecule has 1 saturated heterocycles. The number of pyridine rings is 1. The summed E-state index contributed by atoms with van der Waals surface area (Å²) in [5.41, 5.74) is 1.19. The fourth-order valence-corrected chi connectivity index (χ4v) is 3.54. The molecule has 2 heterocycles. The molecule has 3 unspecified atom stereocenters. The molecule has 0 spiro atoms. The standard InChI is InChI=1S/C16H25N3O2/c1-21-7-6-17-8-12-2-5-16(18-9-12)19-10-13-3-4-15(20)14(13)11-19/h2,5,9,13-15,17,20H,3-4,6-8,10-11H2,1H3. The van der Waals surface area contributed by atoms with Crippen LogP contribution >= 0.6 is 0 Å². The van der Waals surface area contributed by atoms with Crippen molar-refractivity contribution < 1.29 is 9.84 Å². The molecular formula is C16H25N3O2. The van der Waals surface area contributed by atoms with Crippen LogP contribution in [0.25, 0.3) is 0 Å². The predicted molar refractivity (Wildman–Crippen MR) is 82.3 cm³/mol. The molecule has 21 heavy (non-hydrogen) atoms. The Hall–Kier alpha value is -1.17. The number of hydrogen-bond acceptors (Lipinski definition) is 5. The first-order valence-electron chi connectivity index (χ1n) is 7.85. The second-order valence-corrected chi connectivity index (χ2v) is 6.17. The minimum absolute atomic E-state index is 0.107. The summed E-state index contributed by atoms with van der Waals surface area (Å²) in [5, 5.41) is 13.3. The highest BCUT2D eigenvalue weighted by Gasteiger charge is 2.42. The second kappa shape index (κ2) is 6.73. The number of fused-ring (bicyclic) bond motifs is 1. The fraction of sp³-hybridized carbons (Fsp3) is 0.688. The number of nitrogens with one attached hydrogen (secondary N) is 1. The van der Waals surface area contributed by atoms with Gasteiger partial charge in [-0.2, -0.15) is 0 Å². The van der Waals surface area contributed by atoms with Gasteiger partial charge in [-0.25, -0.2) is 4.98 Å². The van der Waals surface area contributed by atoms with Crippen LogP contribution < -0.4 is 10.2 Å². The summed E-state index contributed by atoms with van der Waals surface area (Å²) >= 11 is 0. The largest absolute Gasteiger partial charge is 0.393 e. The number of aliphatic hydroxyl groups is 1. The Balaban J connectivity index is 1.53. The summed E-state index contributed by atoms with van der Waals surface area (Å²) in [7, 11) is 1.71. The maximum atomic E-state index is 9.98. The maximum absolute atomic E-state index is 9.98. The lowest BCUT2D eigenvalue weighted by Crippen LogP contribution is -2.25. The highest BCUT2D eigenvalue weighted by Crippen LogP contribution is 2.39. The lowest BCUT2D eigenvalue weighted by atomic mass is 10.00. The van der Waals surface area contributed by atoms with Crippen LogP contribution in [0.2, 0.25) is 0 Å². The van der Waals surface area contributed by atoms with Gasteiger partial charge in [0.05, 0.1) is 12.7 Å². The lowest BCUT2D eigenvalue weighted by Gasteiger charge is -2.19. The van der Waals surface area contributed by atoms with Gasteiger partial charge in [-0.3, -0.25) is 0 Å². The fourth-order valence-electron chi connectivity index (χ4n) is 3.54. The molecular weight excluding hydrogens is 266 g/mol.